The molecule has 0 aromatic carbocycles. The molecule has 0 bridgehead atoms. The molecule has 90 valence electrons. The van der Waals surface area contributed by atoms with Gasteiger partial charge in [0, 0.05) is 19.3 Å². The Kier molecular flexibility index (Phi) is 6.14. The van der Waals surface area contributed by atoms with Gasteiger partial charge >= 0.3 is 0 Å². The smallest absolute Gasteiger partial charge is 0.0750 e. The minimum Gasteiger partial charge on any atom is -0.396 e. The van der Waals surface area contributed by atoms with Gasteiger partial charge in [-0.1, -0.05) is 0 Å². The largest absolute Gasteiger partial charge is 0.396 e. The summed E-state index contributed by atoms with van der Waals surface area (Å²) in [4.78, 5) is 3.95. The first-order chi connectivity index (χ1) is 7.75. The third-order valence-electron chi connectivity index (χ3n) is 1.93. The minimum absolute atomic E-state index is 0.0658. The van der Waals surface area contributed by atoms with E-state index in [9.17, 15) is 0 Å². The second-order valence-electron chi connectivity index (χ2n) is 3.20. The number of nitrogens with one attached hydrogen (secondary N) is 1. The van der Waals surface area contributed by atoms with Crippen LogP contribution in [0.3, 0.4) is 0 Å². The summed E-state index contributed by atoms with van der Waals surface area (Å²) in [5.74, 6) is 0. The van der Waals surface area contributed by atoms with Crippen molar-refractivity contribution in [2.24, 2.45) is 0 Å². The van der Waals surface area contributed by atoms with Crippen LogP contribution in [0.1, 0.15) is 6.42 Å². The molecule has 0 fully saturated rings. The molecule has 0 saturated heterocycles. The first-order valence-corrected chi connectivity index (χ1v) is 5.86. The number of hydrogen-bond donors (Lipinski definition) is 3. The predicted molar refractivity (Wildman–Crippen MR) is 67.4 cm³/mol. The fourth-order valence-corrected chi connectivity index (χ4v) is 1.68. The third-order valence-corrected chi connectivity index (χ3v) is 2.53. The van der Waals surface area contributed by atoms with E-state index in [1.165, 1.54) is 0 Å². The molecule has 0 saturated carbocycles. The molecular formula is C10H16BrN3O2. The summed E-state index contributed by atoms with van der Waals surface area (Å²) in [7, 11) is 0. The van der Waals surface area contributed by atoms with Crippen LogP contribution in [0, 0.1) is 0 Å². The van der Waals surface area contributed by atoms with Gasteiger partial charge in [-0.15, -0.1) is 0 Å². The highest BCUT2D eigenvalue weighted by atomic mass is 79.9. The molecule has 4 N–H and O–H groups in total. The standard InChI is InChI=1S/C10H16BrN3O2/c11-8-6-13-7-9(12)10(8)14-2-1-4-16-5-3-15/h6-7,15H,1-5,12H2,(H,13,14). The number of rotatable bonds is 7. The zero-order valence-corrected chi connectivity index (χ0v) is 10.5. The number of anilines is 2. The van der Waals surface area contributed by atoms with Crippen molar-refractivity contribution in [3.8, 4) is 0 Å². The number of aliphatic hydroxyl groups is 1. The summed E-state index contributed by atoms with van der Waals surface area (Å²) in [6.07, 6.45) is 4.16. The van der Waals surface area contributed by atoms with Gasteiger partial charge in [0.15, 0.2) is 0 Å². The SMILES string of the molecule is Nc1cncc(Br)c1NCCCOCCO. The van der Waals surface area contributed by atoms with Crippen LogP contribution in [0.15, 0.2) is 16.9 Å². The molecule has 0 spiro atoms. The molecule has 16 heavy (non-hydrogen) atoms. The summed E-state index contributed by atoms with van der Waals surface area (Å²) in [5, 5.41) is 11.7. The van der Waals surface area contributed by atoms with Gasteiger partial charge in [0.1, 0.15) is 0 Å². The minimum atomic E-state index is 0.0658. The molecule has 0 atom stereocenters. The Bertz CT molecular complexity index is 303. The van der Waals surface area contributed by atoms with Gasteiger partial charge in [0.05, 0.1) is 35.3 Å². The fourth-order valence-electron chi connectivity index (χ4n) is 1.19. The number of halogens is 1. The van der Waals surface area contributed by atoms with Crippen molar-refractivity contribution in [1.82, 2.24) is 4.98 Å². The Labute approximate surface area is 103 Å². The van der Waals surface area contributed by atoms with Crippen LogP contribution in [0.5, 0.6) is 0 Å². The summed E-state index contributed by atoms with van der Waals surface area (Å²) in [5.41, 5.74) is 7.24. The maximum absolute atomic E-state index is 8.50. The average Bonchev–Trinajstić information content (AvgIpc) is 2.26. The summed E-state index contributed by atoms with van der Waals surface area (Å²) in [6, 6.07) is 0. The second-order valence-corrected chi connectivity index (χ2v) is 4.06. The van der Waals surface area contributed by atoms with Gasteiger partial charge in [-0.3, -0.25) is 4.98 Å². The van der Waals surface area contributed by atoms with Crippen molar-refractivity contribution < 1.29 is 9.84 Å². The van der Waals surface area contributed by atoms with Gasteiger partial charge in [-0.2, -0.15) is 0 Å². The fraction of sp³-hybridized carbons (Fsp3) is 0.500. The number of pyridine rings is 1. The van der Waals surface area contributed by atoms with Crippen LogP contribution in [-0.2, 0) is 4.74 Å². The van der Waals surface area contributed by atoms with Crippen molar-refractivity contribution in [3.63, 3.8) is 0 Å². The zero-order chi connectivity index (χ0) is 11.8. The lowest BCUT2D eigenvalue weighted by Crippen LogP contribution is -2.09. The van der Waals surface area contributed by atoms with E-state index < -0.39 is 0 Å². The van der Waals surface area contributed by atoms with E-state index in [2.05, 4.69) is 26.2 Å². The molecule has 1 aromatic rings. The molecule has 0 radical (unpaired) electrons. The summed E-state index contributed by atoms with van der Waals surface area (Å²) in [6.45, 7) is 1.84. The topological polar surface area (TPSA) is 80.4 Å². The summed E-state index contributed by atoms with van der Waals surface area (Å²) < 4.78 is 5.99. The molecule has 6 heteroatoms. The van der Waals surface area contributed by atoms with E-state index in [1.807, 2.05) is 0 Å². The Hall–Kier alpha value is -0.850. The molecular weight excluding hydrogens is 274 g/mol. The van der Waals surface area contributed by atoms with E-state index >= 15 is 0 Å². The van der Waals surface area contributed by atoms with Crippen LogP contribution in [-0.4, -0.2) is 36.5 Å². The van der Waals surface area contributed by atoms with E-state index in [-0.39, 0.29) is 6.61 Å². The Morgan fingerprint density at radius 2 is 2.25 bits per heavy atom. The van der Waals surface area contributed by atoms with Gasteiger partial charge in [0.25, 0.3) is 0 Å². The number of nitrogens with zero attached hydrogens (tertiary/aromatic N) is 1. The van der Waals surface area contributed by atoms with E-state index in [4.69, 9.17) is 15.6 Å². The normalized spacial score (nSPS) is 10.4. The molecule has 1 rings (SSSR count). The highest BCUT2D eigenvalue weighted by Crippen LogP contribution is 2.26. The molecule has 0 aliphatic rings. The average molecular weight is 290 g/mol. The maximum atomic E-state index is 8.50. The van der Waals surface area contributed by atoms with Crippen LogP contribution in [0.4, 0.5) is 11.4 Å². The number of aromatic nitrogens is 1. The first-order valence-electron chi connectivity index (χ1n) is 5.07. The van der Waals surface area contributed by atoms with E-state index in [1.54, 1.807) is 12.4 Å². The van der Waals surface area contributed by atoms with Crippen LogP contribution in [0.25, 0.3) is 0 Å². The van der Waals surface area contributed by atoms with Gasteiger partial charge in [0.2, 0.25) is 0 Å². The third kappa shape index (κ3) is 4.34. The van der Waals surface area contributed by atoms with Crippen LogP contribution >= 0.6 is 15.9 Å². The Balaban J connectivity index is 2.26. The Morgan fingerprint density at radius 3 is 2.94 bits per heavy atom. The highest BCUT2D eigenvalue weighted by molar-refractivity contribution is 9.10. The lowest BCUT2D eigenvalue weighted by atomic mass is 10.3. The van der Waals surface area contributed by atoms with E-state index in [0.717, 1.165) is 23.1 Å². The zero-order valence-electron chi connectivity index (χ0n) is 8.95. The predicted octanol–water partition coefficient (Wildman–Crippen LogP) is 1.24. The number of nitrogens with two attached hydrogens (primary N) is 1. The maximum Gasteiger partial charge on any atom is 0.0750 e. The second kappa shape index (κ2) is 7.43. The monoisotopic (exact) mass is 289 g/mol. The quantitative estimate of drug-likeness (QED) is 0.658. The van der Waals surface area contributed by atoms with Crippen molar-refractivity contribution in [2.45, 2.75) is 6.42 Å². The number of hydrogen-bond acceptors (Lipinski definition) is 5. The van der Waals surface area contributed by atoms with Crippen LogP contribution < -0.4 is 11.1 Å². The van der Waals surface area contributed by atoms with Gasteiger partial charge in [-0.05, 0) is 22.4 Å². The number of aliphatic hydroxyl groups excluding tert-OH is 1. The molecule has 1 aromatic heterocycles. The van der Waals surface area contributed by atoms with Gasteiger partial charge < -0.3 is 20.9 Å². The molecule has 5 nitrogen and oxygen atoms in total. The highest BCUT2D eigenvalue weighted by Gasteiger charge is 2.03. The Morgan fingerprint density at radius 1 is 1.44 bits per heavy atom. The lowest BCUT2D eigenvalue weighted by molar-refractivity contribution is 0.0922. The lowest BCUT2D eigenvalue weighted by Gasteiger charge is -2.10. The van der Waals surface area contributed by atoms with Gasteiger partial charge in [-0.25, -0.2) is 0 Å². The molecule has 1 heterocycles. The molecule has 0 aliphatic carbocycles. The van der Waals surface area contributed by atoms with Crippen molar-refractivity contribution in [1.29, 1.82) is 0 Å². The summed E-state index contributed by atoms with van der Waals surface area (Å²) >= 11 is 3.37. The molecule has 0 amide bonds. The van der Waals surface area contributed by atoms with Crippen molar-refractivity contribution in [2.75, 3.05) is 37.4 Å². The first kappa shape index (κ1) is 13.2. The van der Waals surface area contributed by atoms with E-state index in [0.29, 0.717) is 18.9 Å². The van der Waals surface area contributed by atoms with Crippen molar-refractivity contribution >= 4 is 27.3 Å². The molecule has 0 aliphatic heterocycles. The number of ether oxygens (including phenoxy) is 1. The van der Waals surface area contributed by atoms with Crippen LogP contribution in [0.2, 0.25) is 0 Å². The van der Waals surface area contributed by atoms with Crippen molar-refractivity contribution in [3.05, 3.63) is 16.9 Å². The molecule has 0 unspecified atom stereocenters. The number of nitrogen functional groups attached to an aromatic ring is 1.